The number of benzene rings is 1. The first-order valence-corrected chi connectivity index (χ1v) is 6.97. The predicted octanol–water partition coefficient (Wildman–Crippen LogP) is 0.991. The van der Waals surface area contributed by atoms with Gasteiger partial charge in [-0.25, -0.2) is 13.9 Å². The van der Waals surface area contributed by atoms with Gasteiger partial charge in [-0.1, -0.05) is 17.3 Å². The van der Waals surface area contributed by atoms with Gasteiger partial charge in [0.2, 0.25) is 0 Å². The number of para-hydroxylation sites is 1. The lowest BCUT2D eigenvalue weighted by molar-refractivity contribution is -0.155. The normalized spacial score (nSPS) is 13.9. The molecule has 1 aromatic carbocycles. The first kappa shape index (κ1) is 19.3. The molecule has 2 rings (SSSR count). The van der Waals surface area contributed by atoms with E-state index in [0.29, 0.717) is 0 Å². The molecule has 0 aliphatic heterocycles. The van der Waals surface area contributed by atoms with Crippen LogP contribution in [0.5, 0.6) is 0 Å². The Bertz CT molecular complexity index is 848. The number of carbonyl (C=O) groups is 2. The van der Waals surface area contributed by atoms with E-state index in [1.165, 1.54) is 12.1 Å². The van der Waals surface area contributed by atoms with Crippen molar-refractivity contribution in [3.63, 3.8) is 0 Å². The number of rotatable bonds is 5. The average molecular weight is 376 g/mol. The van der Waals surface area contributed by atoms with Gasteiger partial charge in [0, 0.05) is 0 Å². The molecule has 1 unspecified atom stereocenters. The van der Waals surface area contributed by atoms with Gasteiger partial charge in [0.25, 0.3) is 5.91 Å². The molecule has 8 nitrogen and oxygen atoms in total. The summed E-state index contributed by atoms with van der Waals surface area (Å²) >= 11 is 0. The highest BCUT2D eigenvalue weighted by Crippen LogP contribution is 2.33. The zero-order chi connectivity index (χ0) is 19.7. The molecular formula is C14H12F4N4O4. The Kier molecular flexibility index (Phi) is 4.98. The van der Waals surface area contributed by atoms with Gasteiger partial charge < -0.3 is 15.5 Å². The number of hydrogen-bond acceptors (Lipinski definition) is 5. The summed E-state index contributed by atoms with van der Waals surface area (Å²) in [5.41, 5.74) is -5.82. The van der Waals surface area contributed by atoms with Crippen LogP contribution in [0.3, 0.4) is 0 Å². The Labute approximate surface area is 143 Å². The Hall–Kier alpha value is -3.02. The van der Waals surface area contributed by atoms with Crippen molar-refractivity contribution in [2.75, 3.05) is 6.54 Å². The minimum atomic E-state index is -5.12. The molecule has 3 N–H and O–H groups in total. The third-order valence-electron chi connectivity index (χ3n) is 3.29. The maximum absolute atomic E-state index is 13.8. The number of alkyl halides is 3. The number of aliphatic hydroxyl groups is 1. The number of halogens is 4. The van der Waals surface area contributed by atoms with Crippen LogP contribution in [0.1, 0.15) is 23.1 Å². The molecule has 12 heteroatoms. The highest BCUT2D eigenvalue weighted by molar-refractivity contribution is 5.94. The average Bonchev–Trinajstić information content (AvgIpc) is 2.98. The molecule has 0 bridgehead atoms. The molecule has 26 heavy (non-hydrogen) atoms. The zero-order valence-electron chi connectivity index (χ0n) is 13.1. The number of nitrogens with zero attached hydrogens (tertiary/aromatic N) is 3. The summed E-state index contributed by atoms with van der Waals surface area (Å²) in [6.45, 7) is -0.0402. The molecule has 0 fully saturated rings. The maximum Gasteiger partial charge on any atom is 0.435 e. The molecule has 0 aliphatic rings. The second kappa shape index (κ2) is 6.71. The zero-order valence-corrected chi connectivity index (χ0v) is 13.1. The van der Waals surface area contributed by atoms with Gasteiger partial charge in [-0.2, -0.15) is 13.2 Å². The molecule has 0 saturated heterocycles. The van der Waals surface area contributed by atoms with Crippen LogP contribution in [0.4, 0.5) is 17.6 Å². The molecule has 0 saturated carbocycles. The number of aromatic nitrogens is 3. The predicted molar refractivity (Wildman–Crippen MR) is 76.9 cm³/mol. The van der Waals surface area contributed by atoms with Crippen molar-refractivity contribution in [3.05, 3.63) is 41.5 Å². The van der Waals surface area contributed by atoms with Crippen LogP contribution in [-0.2, 0) is 11.0 Å². The summed E-state index contributed by atoms with van der Waals surface area (Å²) < 4.78 is 54.0. The van der Waals surface area contributed by atoms with Crippen LogP contribution in [-0.4, -0.2) is 49.2 Å². The quantitative estimate of drug-likeness (QED) is 0.670. The van der Waals surface area contributed by atoms with Crippen LogP contribution in [0.15, 0.2) is 24.3 Å². The smallest absolute Gasteiger partial charge is 0.435 e. The molecule has 1 amide bonds. The molecule has 0 spiro atoms. The van der Waals surface area contributed by atoms with E-state index in [1.807, 2.05) is 5.32 Å². The summed E-state index contributed by atoms with van der Waals surface area (Å²) in [6, 6.07) is 4.44. The molecule has 0 aliphatic carbocycles. The van der Waals surface area contributed by atoms with Crippen molar-refractivity contribution in [1.82, 2.24) is 20.3 Å². The van der Waals surface area contributed by atoms with Gasteiger partial charge in [0.05, 0.1) is 6.54 Å². The van der Waals surface area contributed by atoms with E-state index < -0.39 is 53.1 Å². The monoisotopic (exact) mass is 376 g/mol. The Morgan fingerprint density at radius 1 is 1.27 bits per heavy atom. The summed E-state index contributed by atoms with van der Waals surface area (Å²) in [7, 11) is 0. The number of carboxylic acids is 1. The van der Waals surface area contributed by atoms with Gasteiger partial charge in [0.1, 0.15) is 11.5 Å². The number of carbonyl (C=O) groups excluding carboxylic acids is 1. The van der Waals surface area contributed by atoms with Crippen molar-refractivity contribution < 1.29 is 37.4 Å². The fraction of sp³-hybridized carbons (Fsp3) is 0.286. The number of aliphatic carboxylic acids is 1. The fourth-order valence-corrected chi connectivity index (χ4v) is 1.89. The van der Waals surface area contributed by atoms with Gasteiger partial charge in [-0.05, 0) is 19.1 Å². The van der Waals surface area contributed by atoms with E-state index in [4.69, 9.17) is 5.11 Å². The number of nitrogens with one attached hydrogen (secondary N) is 1. The number of carboxylic acid groups (broad SMARTS) is 1. The summed E-state index contributed by atoms with van der Waals surface area (Å²) in [6.07, 6.45) is -5.12. The molecule has 1 atom stereocenters. The minimum Gasteiger partial charge on any atom is -0.479 e. The van der Waals surface area contributed by atoms with Gasteiger partial charge >= 0.3 is 12.1 Å². The van der Waals surface area contributed by atoms with Gasteiger partial charge in [-0.3, -0.25) is 4.79 Å². The molecule has 0 radical (unpaired) electrons. The van der Waals surface area contributed by atoms with Crippen molar-refractivity contribution >= 4 is 11.9 Å². The molecule has 1 aromatic heterocycles. The van der Waals surface area contributed by atoms with Crippen LogP contribution >= 0.6 is 0 Å². The van der Waals surface area contributed by atoms with Crippen molar-refractivity contribution in [2.24, 2.45) is 0 Å². The van der Waals surface area contributed by atoms with Gasteiger partial charge in [0.15, 0.2) is 17.0 Å². The molecule has 2 aromatic rings. The van der Waals surface area contributed by atoms with E-state index in [9.17, 15) is 32.3 Å². The Morgan fingerprint density at radius 2 is 1.88 bits per heavy atom. The SMILES string of the molecule is CC(O)(CNC(=O)c1nnn(-c2ccccc2F)c1C(F)(F)F)C(=O)O. The van der Waals surface area contributed by atoms with E-state index >= 15 is 0 Å². The maximum atomic E-state index is 13.8. The van der Waals surface area contributed by atoms with E-state index in [1.54, 1.807) is 0 Å². The minimum absolute atomic E-state index is 0.125. The number of hydrogen-bond donors (Lipinski definition) is 3. The Balaban J connectivity index is 2.43. The lowest BCUT2D eigenvalue weighted by atomic mass is 10.1. The fourth-order valence-electron chi connectivity index (χ4n) is 1.89. The third kappa shape index (κ3) is 3.79. The van der Waals surface area contributed by atoms with E-state index in [0.717, 1.165) is 19.1 Å². The van der Waals surface area contributed by atoms with Crippen molar-refractivity contribution in [3.8, 4) is 5.69 Å². The standard InChI is InChI=1S/C14H12F4N4O4/c1-13(26,12(24)25)6-19-11(23)9-10(14(16,17)18)22(21-20-9)8-5-3-2-4-7(8)15/h2-5,26H,6H2,1H3,(H,19,23)(H,24,25). The van der Waals surface area contributed by atoms with Crippen molar-refractivity contribution in [1.29, 1.82) is 0 Å². The first-order chi connectivity index (χ1) is 11.9. The first-order valence-electron chi connectivity index (χ1n) is 6.97. The second-order valence-electron chi connectivity index (χ2n) is 5.41. The van der Waals surface area contributed by atoms with Crippen LogP contribution in [0.25, 0.3) is 5.69 Å². The van der Waals surface area contributed by atoms with Crippen LogP contribution < -0.4 is 5.32 Å². The van der Waals surface area contributed by atoms with Crippen LogP contribution in [0.2, 0.25) is 0 Å². The molecule has 1 heterocycles. The summed E-state index contributed by atoms with van der Waals surface area (Å²) in [5.74, 6) is -4.14. The lowest BCUT2D eigenvalue weighted by Gasteiger charge is -2.18. The third-order valence-corrected chi connectivity index (χ3v) is 3.29. The van der Waals surface area contributed by atoms with E-state index in [-0.39, 0.29) is 4.68 Å². The highest BCUT2D eigenvalue weighted by Gasteiger charge is 2.43. The molecular weight excluding hydrogens is 364 g/mol. The second-order valence-corrected chi connectivity index (χ2v) is 5.41. The summed E-state index contributed by atoms with van der Waals surface area (Å²) in [5, 5.41) is 26.4. The Morgan fingerprint density at radius 3 is 2.42 bits per heavy atom. The molecule has 140 valence electrons. The lowest BCUT2D eigenvalue weighted by Crippen LogP contribution is -2.46. The largest absolute Gasteiger partial charge is 0.479 e. The van der Waals surface area contributed by atoms with Crippen molar-refractivity contribution in [2.45, 2.75) is 18.7 Å². The number of amides is 1. The summed E-state index contributed by atoms with van der Waals surface area (Å²) in [4.78, 5) is 22.8. The highest BCUT2D eigenvalue weighted by atomic mass is 19.4. The van der Waals surface area contributed by atoms with Gasteiger partial charge in [-0.15, -0.1) is 5.10 Å². The van der Waals surface area contributed by atoms with Crippen LogP contribution in [0, 0.1) is 5.82 Å². The van der Waals surface area contributed by atoms with E-state index in [2.05, 4.69) is 10.3 Å². The topological polar surface area (TPSA) is 117 Å².